The Morgan fingerprint density at radius 3 is 2.96 bits per heavy atom. The van der Waals surface area contributed by atoms with Crippen LogP contribution in [0.3, 0.4) is 0 Å². The number of amides is 2. The molecule has 2 heterocycles. The average Bonchev–Trinajstić information content (AvgIpc) is 3.26. The highest BCUT2D eigenvalue weighted by Crippen LogP contribution is 2.22. The van der Waals surface area contributed by atoms with Crippen molar-refractivity contribution in [3.05, 3.63) is 65.1 Å². The van der Waals surface area contributed by atoms with Gasteiger partial charge in [0.1, 0.15) is 5.60 Å². The fourth-order valence-electron chi connectivity index (χ4n) is 2.25. The van der Waals surface area contributed by atoms with E-state index in [1.165, 1.54) is 11.3 Å². The molecule has 1 aromatic carbocycles. The molecule has 124 valence electrons. The summed E-state index contributed by atoms with van der Waals surface area (Å²) in [5.74, 6) is 0. The van der Waals surface area contributed by atoms with Crippen molar-refractivity contribution in [2.24, 2.45) is 0 Å². The number of aromatic nitrogens is 2. The Morgan fingerprint density at radius 2 is 2.25 bits per heavy atom. The quantitative estimate of drug-likeness (QED) is 0.667. The number of rotatable bonds is 5. The Balaban J connectivity index is 1.60. The van der Waals surface area contributed by atoms with Crippen LogP contribution in [0.25, 0.3) is 5.69 Å². The van der Waals surface area contributed by atoms with E-state index < -0.39 is 5.60 Å². The average molecular weight is 342 g/mol. The van der Waals surface area contributed by atoms with Gasteiger partial charge in [0.05, 0.1) is 12.2 Å². The van der Waals surface area contributed by atoms with Crippen molar-refractivity contribution in [1.82, 2.24) is 15.1 Å². The van der Waals surface area contributed by atoms with Crippen LogP contribution >= 0.6 is 11.3 Å². The van der Waals surface area contributed by atoms with Crippen molar-refractivity contribution in [3.63, 3.8) is 0 Å². The maximum absolute atomic E-state index is 12.1. The minimum absolute atomic E-state index is 0.119. The molecule has 2 aromatic heterocycles. The summed E-state index contributed by atoms with van der Waals surface area (Å²) in [6.07, 6.45) is 3.52. The monoisotopic (exact) mass is 342 g/mol. The van der Waals surface area contributed by atoms with E-state index in [1.54, 1.807) is 23.9 Å². The zero-order chi connectivity index (χ0) is 17.0. The minimum atomic E-state index is -1.10. The van der Waals surface area contributed by atoms with Gasteiger partial charge in [-0.25, -0.2) is 9.48 Å². The van der Waals surface area contributed by atoms with Crippen molar-refractivity contribution in [2.45, 2.75) is 12.5 Å². The predicted molar refractivity (Wildman–Crippen MR) is 94.5 cm³/mol. The number of anilines is 1. The first kappa shape index (κ1) is 16.2. The van der Waals surface area contributed by atoms with E-state index in [0.717, 1.165) is 11.3 Å². The zero-order valence-corrected chi connectivity index (χ0v) is 14.0. The second-order valence-electron chi connectivity index (χ2n) is 5.59. The molecular weight excluding hydrogens is 324 g/mol. The summed E-state index contributed by atoms with van der Waals surface area (Å²) < 4.78 is 1.71. The lowest BCUT2D eigenvalue weighted by Gasteiger charge is -2.22. The van der Waals surface area contributed by atoms with Crippen molar-refractivity contribution in [2.75, 3.05) is 11.9 Å². The van der Waals surface area contributed by atoms with Gasteiger partial charge in [-0.2, -0.15) is 16.4 Å². The molecule has 2 amide bonds. The van der Waals surface area contributed by atoms with Crippen molar-refractivity contribution in [3.8, 4) is 5.69 Å². The number of carbonyl (C=O) groups is 1. The molecule has 0 bridgehead atoms. The predicted octanol–water partition coefficient (Wildman–Crippen LogP) is 2.96. The Morgan fingerprint density at radius 1 is 1.38 bits per heavy atom. The molecule has 3 N–H and O–H groups in total. The number of urea groups is 1. The van der Waals surface area contributed by atoms with Crippen molar-refractivity contribution >= 4 is 23.1 Å². The van der Waals surface area contributed by atoms with Gasteiger partial charge in [0.25, 0.3) is 0 Å². The molecule has 0 aliphatic heterocycles. The van der Waals surface area contributed by atoms with Gasteiger partial charge in [0.2, 0.25) is 0 Å². The molecule has 24 heavy (non-hydrogen) atoms. The highest BCUT2D eigenvalue weighted by atomic mass is 32.1. The molecule has 0 spiro atoms. The number of thiophene rings is 1. The second kappa shape index (κ2) is 6.86. The van der Waals surface area contributed by atoms with Gasteiger partial charge in [-0.3, -0.25) is 0 Å². The fraction of sp³-hybridized carbons (Fsp3) is 0.176. The third-order valence-corrected chi connectivity index (χ3v) is 4.29. The highest BCUT2D eigenvalue weighted by molar-refractivity contribution is 7.08. The number of nitrogens with one attached hydrogen (secondary N) is 2. The summed E-state index contributed by atoms with van der Waals surface area (Å²) in [5.41, 5.74) is 1.18. The van der Waals surface area contributed by atoms with E-state index in [0.29, 0.717) is 5.69 Å². The first-order valence-electron chi connectivity index (χ1n) is 7.44. The van der Waals surface area contributed by atoms with Crippen molar-refractivity contribution in [1.29, 1.82) is 0 Å². The highest BCUT2D eigenvalue weighted by Gasteiger charge is 2.24. The summed E-state index contributed by atoms with van der Waals surface area (Å²) in [4.78, 5) is 12.1. The van der Waals surface area contributed by atoms with Crippen LogP contribution < -0.4 is 10.6 Å². The molecule has 7 heteroatoms. The van der Waals surface area contributed by atoms with Crippen molar-refractivity contribution < 1.29 is 9.90 Å². The number of benzene rings is 1. The number of carbonyl (C=O) groups excluding carboxylic acids is 1. The smallest absolute Gasteiger partial charge is 0.319 e. The van der Waals surface area contributed by atoms with Gasteiger partial charge in [-0.15, -0.1) is 0 Å². The zero-order valence-electron chi connectivity index (χ0n) is 13.1. The van der Waals surface area contributed by atoms with Crippen LogP contribution in [-0.4, -0.2) is 27.5 Å². The van der Waals surface area contributed by atoms with E-state index in [4.69, 9.17) is 0 Å². The van der Waals surface area contributed by atoms with Crippen LogP contribution in [-0.2, 0) is 5.60 Å². The van der Waals surface area contributed by atoms with Gasteiger partial charge in [-0.05, 0) is 53.6 Å². The standard InChI is InChI=1S/C17H18N4O2S/c1-17(23,13-6-9-24-11-13)12-18-16(22)20-14-4-2-5-15(10-14)21-8-3-7-19-21/h2-11,23H,12H2,1H3,(H2,18,20,22)/t17-/m0/s1. The molecule has 3 aromatic rings. The van der Waals surface area contributed by atoms with E-state index in [2.05, 4.69) is 15.7 Å². The van der Waals surface area contributed by atoms with Crippen LogP contribution in [0.2, 0.25) is 0 Å². The van der Waals surface area contributed by atoms with Gasteiger partial charge in [0.15, 0.2) is 0 Å². The van der Waals surface area contributed by atoms with Crippen LogP contribution in [0, 0.1) is 0 Å². The molecule has 0 radical (unpaired) electrons. The first-order valence-corrected chi connectivity index (χ1v) is 8.39. The van der Waals surface area contributed by atoms with Crippen LogP contribution in [0.1, 0.15) is 12.5 Å². The van der Waals surface area contributed by atoms with Crippen LogP contribution in [0.4, 0.5) is 10.5 Å². The van der Waals surface area contributed by atoms with E-state index in [9.17, 15) is 9.90 Å². The van der Waals surface area contributed by atoms with Gasteiger partial charge >= 0.3 is 6.03 Å². The lowest BCUT2D eigenvalue weighted by atomic mass is 9.99. The summed E-state index contributed by atoms with van der Waals surface area (Å²) >= 11 is 1.51. The molecule has 0 aliphatic rings. The Hall–Kier alpha value is -2.64. The lowest BCUT2D eigenvalue weighted by molar-refractivity contribution is 0.0604. The summed E-state index contributed by atoms with van der Waals surface area (Å²) in [5, 5.41) is 23.8. The Bertz CT molecular complexity index is 798. The Labute approximate surface area is 143 Å². The largest absolute Gasteiger partial charge is 0.384 e. The summed E-state index contributed by atoms with van der Waals surface area (Å²) in [7, 11) is 0. The van der Waals surface area contributed by atoms with Gasteiger partial charge in [0, 0.05) is 18.1 Å². The fourth-order valence-corrected chi connectivity index (χ4v) is 3.03. The SMILES string of the molecule is C[C@](O)(CNC(=O)Nc1cccc(-n2cccn2)c1)c1ccsc1. The maximum atomic E-state index is 12.1. The lowest BCUT2D eigenvalue weighted by Crippen LogP contribution is -2.40. The second-order valence-corrected chi connectivity index (χ2v) is 6.37. The summed E-state index contributed by atoms with van der Waals surface area (Å²) in [6, 6.07) is 10.7. The van der Waals surface area contributed by atoms with E-state index >= 15 is 0 Å². The molecule has 0 aliphatic carbocycles. The minimum Gasteiger partial charge on any atom is -0.384 e. The maximum Gasteiger partial charge on any atom is 0.319 e. The van der Waals surface area contributed by atoms with Gasteiger partial charge < -0.3 is 15.7 Å². The molecular formula is C17H18N4O2S. The Kier molecular flexibility index (Phi) is 4.64. The number of aliphatic hydroxyl groups is 1. The van der Waals surface area contributed by atoms with E-state index in [-0.39, 0.29) is 12.6 Å². The molecule has 1 atom stereocenters. The third-order valence-electron chi connectivity index (χ3n) is 3.61. The topological polar surface area (TPSA) is 79.2 Å². The molecule has 6 nitrogen and oxygen atoms in total. The van der Waals surface area contributed by atoms with Crippen LogP contribution in [0.5, 0.6) is 0 Å². The van der Waals surface area contributed by atoms with Gasteiger partial charge in [-0.1, -0.05) is 6.07 Å². The molecule has 0 fully saturated rings. The summed E-state index contributed by atoms with van der Waals surface area (Å²) in [6.45, 7) is 1.79. The van der Waals surface area contributed by atoms with E-state index in [1.807, 2.05) is 47.3 Å². The number of hydrogen-bond acceptors (Lipinski definition) is 4. The number of hydrogen-bond donors (Lipinski definition) is 3. The molecule has 0 saturated carbocycles. The normalized spacial score (nSPS) is 13.2. The molecule has 0 unspecified atom stereocenters. The first-order chi connectivity index (χ1) is 11.5. The number of nitrogens with zero attached hydrogens (tertiary/aromatic N) is 2. The molecule has 3 rings (SSSR count). The molecule has 0 saturated heterocycles. The van der Waals surface area contributed by atoms with Crippen LogP contribution in [0.15, 0.2) is 59.6 Å². The third kappa shape index (κ3) is 3.81.